The molecular formula is C18H12N6S2. The van der Waals surface area contributed by atoms with Crippen LogP contribution in [0.3, 0.4) is 0 Å². The second-order valence-corrected chi connectivity index (χ2v) is 7.57. The fourth-order valence-electron chi connectivity index (χ4n) is 2.67. The highest BCUT2D eigenvalue weighted by atomic mass is 32.1. The van der Waals surface area contributed by atoms with E-state index in [9.17, 15) is 0 Å². The molecule has 0 saturated heterocycles. The van der Waals surface area contributed by atoms with Crippen molar-refractivity contribution in [3.8, 4) is 21.0 Å². The molecule has 4 heterocycles. The van der Waals surface area contributed by atoms with Crippen LogP contribution in [0.15, 0.2) is 60.4 Å². The van der Waals surface area contributed by atoms with Crippen molar-refractivity contribution in [3.63, 3.8) is 0 Å². The third-order valence-electron chi connectivity index (χ3n) is 3.91. The third kappa shape index (κ3) is 2.85. The Kier molecular flexibility index (Phi) is 3.69. The van der Waals surface area contributed by atoms with Crippen LogP contribution >= 0.6 is 22.7 Å². The molecule has 0 radical (unpaired) electrons. The molecule has 1 aromatic carbocycles. The van der Waals surface area contributed by atoms with E-state index in [0.29, 0.717) is 0 Å². The average molecular weight is 376 g/mol. The zero-order valence-corrected chi connectivity index (χ0v) is 15.0. The molecule has 0 atom stereocenters. The van der Waals surface area contributed by atoms with Crippen LogP contribution in [0.4, 0.5) is 10.8 Å². The molecule has 6 nitrogen and oxygen atoms in total. The van der Waals surface area contributed by atoms with Gasteiger partial charge in [-0.05, 0) is 35.7 Å². The largest absolute Gasteiger partial charge is 0.330 e. The highest BCUT2D eigenvalue weighted by molar-refractivity contribution is 7.18. The van der Waals surface area contributed by atoms with Gasteiger partial charge in [-0.2, -0.15) is 5.10 Å². The molecule has 0 amide bonds. The number of aromatic nitrogens is 5. The monoisotopic (exact) mass is 376 g/mol. The summed E-state index contributed by atoms with van der Waals surface area (Å²) in [5.41, 5.74) is 4.01. The number of fused-ring (bicyclic) bond motifs is 1. The third-order valence-corrected chi connectivity index (χ3v) is 5.71. The molecule has 4 aromatic heterocycles. The quantitative estimate of drug-likeness (QED) is 0.464. The normalized spacial score (nSPS) is 11.1. The molecule has 126 valence electrons. The number of thiophene rings is 1. The van der Waals surface area contributed by atoms with E-state index in [4.69, 9.17) is 0 Å². The zero-order valence-electron chi connectivity index (χ0n) is 13.4. The number of H-pyrrole nitrogens is 1. The molecule has 5 aromatic rings. The Morgan fingerprint density at radius 1 is 0.962 bits per heavy atom. The van der Waals surface area contributed by atoms with Gasteiger partial charge in [-0.3, -0.25) is 10.1 Å². The molecule has 0 bridgehead atoms. The summed E-state index contributed by atoms with van der Waals surface area (Å²) in [5, 5.41) is 23.5. The molecule has 0 aliphatic carbocycles. The van der Waals surface area contributed by atoms with Gasteiger partial charge in [0.1, 0.15) is 0 Å². The summed E-state index contributed by atoms with van der Waals surface area (Å²) < 4.78 is 0. The van der Waals surface area contributed by atoms with Gasteiger partial charge in [-0.1, -0.05) is 17.4 Å². The molecule has 0 aliphatic heterocycles. The predicted octanol–water partition coefficient (Wildman–Crippen LogP) is 4.95. The Labute approximate surface area is 156 Å². The Hall–Kier alpha value is -3.10. The smallest absolute Gasteiger partial charge is 0.210 e. The minimum atomic E-state index is 0.740. The van der Waals surface area contributed by atoms with Gasteiger partial charge in [0.25, 0.3) is 0 Å². The molecule has 0 unspecified atom stereocenters. The molecule has 8 heteroatoms. The van der Waals surface area contributed by atoms with Gasteiger partial charge < -0.3 is 5.32 Å². The lowest BCUT2D eigenvalue weighted by molar-refractivity contribution is 1.09. The first kappa shape index (κ1) is 15.2. The summed E-state index contributed by atoms with van der Waals surface area (Å²) >= 11 is 3.20. The number of aromatic amines is 1. The van der Waals surface area contributed by atoms with E-state index in [1.165, 1.54) is 16.2 Å². The summed E-state index contributed by atoms with van der Waals surface area (Å²) in [7, 11) is 0. The fraction of sp³-hybridized carbons (Fsp3) is 0. The summed E-state index contributed by atoms with van der Waals surface area (Å²) in [6, 6.07) is 12.2. The standard InChI is InChI=1S/C18H12N6S2/c1-2-16(25-5-1)12-6-13(9-19-8-12)17-23-24-18(26-17)21-14-3-4-15-11(7-14)10-20-22-15/h1-10H,(H,20,22)(H,21,24). The zero-order chi connectivity index (χ0) is 17.3. The Morgan fingerprint density at radius 3 is 2.85 bits per heavy atom. The van der Waals surface area contributed by atoms with Gasteiger partial charge in [0.15, 0.2) is 5.01 Å². The van der Waals surface area contributed by atoms with Crippen LogP contribution in [0.25, 0.3) is 31.9 Å². The van der Waals surface area contributed by atoms with Crippen LogP contribution in [-0.2, 0) is 0 Å². The second kappa shape index (κ2) is 6.32. The van der Waals surface area contributed by atoms with Crippen molar-refractivity contribution in [1.29, 1.82) is 0 Å². The topological polar surface area (TPSA) is 79.4 Å². The lowest BCUT2D eigenvalue weighted by atomic mass is 10.2. The molecular weight excluding hydrogens is 364 g/mol. The maximum Gasteiger partial charge on any atom is 0.210 e. The number of rotatable bonds is 4. The molecule has 0 aliphatic rings. The average Bonchev–Trinajstić information content (AvgIpc) is 3.43. The molecule has 26 heavy (non-hydrogen) atoms. The highest BCUT2D eigenvalue weighted by Crippen LogP contribution is 2.32. The van der Waals surface area contributed by atoms with Crippen molar-refractivity contribution in [1.82, 2.24) is 25.4 Å². The van der Waals surface area contributed by atoms with Gasteiger partial charge in [0.2, 0.25) is 5.13 Å². The Bertz CT molecular complexity index is 1180. The molecule has 0 saturated carbocycles. The highest BCUT2D eigenvalue weighted by Gasteiger charge is 2.10. The second-order valence-electron chi connectivity index (χ2n) is 5.65. The van der Waals surface area contributed by atoms with E-state index in [1.54, 1.807) is 17.5 Å². The number of hydrogen-bond acceptors (Lipinski definition) is 7. The first-order chi connectivity index (χ1) is 12.8. The van der Waals surface area contributed by atoms with E-state index in [-0.39, 0.29) is 0 Å². The molecule has 0 fully saturated rings. The lowest BCUT2D eigenvalue weighted by Crippen LogP contribution is -1.88. The van der Waals surface area contributed by atoms with Gasteiger partial charge >= 0.3 is 0 Å². The number of nitrogens with one attached hydrogen (secondary N) is 2. The Balaban J connectivity index is 1.42. The van der Waals surface area contributed by atoms with Gasteiger partial charge in [0.05, 0.1) is 11.7 Å². The van der Waals surface area contributed by atoms with E-state index in [2.05, 4.69) is 48.2 Å². The van der Waals surface area contributed by atoms with E-state index in [1.807, 2.05) is 36.7 Å². The predicted molar refractivity (Wildman–Crippen MR) is 106 cm³/mol. The molecule has 0 spiro atoms. The number of benzene rings is 1. The van der Waals surface area contributed by atoms with Gasteiger partial charge in [-0.25, -0.2) is 0 Å². The van der Waals surface area contributed by atoms with Crippen LogP contribution in [0, 0.1) is 0 Å². The summed E-state index contributed by atoms with van der Waals surface area (Å²) in [6.45, 7) is 0. The van der Waals surface area contributed by atoms with Crippen molar-refractivity contribution in [2.45, 2.75) is 0 Å². The molecule has 2 N–H and O–H groups in total. The van der Waals surface area contributed by atoms with E-state index in [0.717, 1.165) is 37.9 Å². The van der Waals surface area contributed by atoms with E-state index >= 15 is 0 Å². The first-order valence-electron chi connectivity index (χ1n) is 7.88. The maximum absolute atomic E-state index is 4.35. The van der Waals surface area contributed by atoms with Crippen LogP contribution in [0.2, 0.25) is 0 Å². The van der Waals surface area contributed by atoms with Crippen molar-refractivity contribution in [2.75, 3.05) is 5.32 Å². The minimum absolute atomic E-state index is 0.740. The van der Waals surface area contributed by atoms with Gasteiger partial charge in [0, 0.05) is 39.5 Å². The first-order valence-corrected chi connectivity index (χ1v) is 9.58. The number of anilines is 2. The van der Waals surface area contributed by atoms with Crippen LogP contribution in [0.5, 0.6) is 0 Å². The van der Waals surface area contributed by atoms with Gasteiger partial charge in [-0.15, -0.1) is 21.5 Å². The van der Waals surface area contributed by atoms with Crippen LogP contribution < -0.4 is 5.32 Å². The summed E-state index contributed by atoms with van der Waals surface area (Å²) in [4.78, 5) is 5.54. The van der Waals surface area contributed by atoms with E-state index < -0.39 is 0 Å². The lowest BCUT2D eigenvalue weighted by Gasteiger charge is -2.01. The minimum Gasteiger partial charge on any atom is -0.330 e. The van der Waals surface area contributed by atoms with Crippen molar-refractivity contribution in [3.05, 3.63) is 60.4 Å². The number of nitrogens with zero attached hydrogens (tertiary/aromatic N) is 4. The summed E-state index contributed by atoms with van der Waals surface area (Å²) in [5.74, 6) is 0. The van der Waals surface area contributed by atoms with Crippen molar-refractivity contribution in [2.24, 2.45) is 0 Å². The fourth-order valence-corrected chi connectivity index (χ4v) is 4.12. The van der Waals surface area contributed by atoms with Crippen molar-refractivity contribution < 1.29 is 0 Å². The maximum atomic E-state index is 4.35. The summed E-state index contributed by atoms with van der Waals surface area (Å²) in [6.07, 6.45) is 5.49. The molecule has 5 rings (SSSR count). The van der Waals surface area contributed by atoms with Crippen molar-refractivity contribution >= 4 is 44.4 Å². The van der Waals surface area contributed by atoms with Crippen LogP contribution in [-0.4, -0.2) is 25.4 Å². The number of hydrogen-bond donors (Lipinski definition) is 2. The SMILES string of the molecule is c1csc(-c2cncc(-c3nnc(Nc4ccc5[nH]ncc5c4)s3)c2)c1. The number of pyridine rings is 1. The Morgan fingerprint density at radius 2 is 1.92 bits per heavy atom. The van der Waals surface area contributed by atoms with Crippen LogP contribution in [0.1, 0.15) is 0 Å².